The summed E-state index contributed by atoms with van der Waals surface area (Å²) in [7, 11) is 0. The van der Waals surface area contributed by atoms with E-state index >= 15 is 0 Å². The molecule has 0 unspecified atom stereocenters. The molecule has 100 valence electrons. The lowest BCUT2D eigenvalue weighted by Gasteiger charge is -2.05. The molecule has 0 aliphatic carbocycles. The molecule has 0 heterocycles. The molecule has 0 rings (SSSR count). The lowest BCUT2D eigenvalue weighted by Crippen LogP contribution is -2.12. The number of unbranched alkanes of at least 4 members (excludes halogenated alkanes) is 3. The van der Waals surface area contributed by atoms with Crippen LogP contribution in [0.1, 0.15) is 45.4 Å². The summed E-state index contributed by atoms with van der Waals surface area (Å²) in [5, 5.41) is 8.33. The normalized spacial score (nSPS) is 10.2. The van der Waals surface area contributed by atoms with Crippen LogP contribution in [0.3, 0.4) is 0 Å². The first-order chi connectivity index (χ1) is 8.16. The molecule has 0 fully saturated rings. The molecule has 0 saturated carbocycles. The summed E-state index contributed by atoms with van der Waals surface area (Å²) in [5.41, 5.74) is 0. The van der Waals surface area contributed by atoms with Gasteiger partial charge in [0.05, 0.1) is 19.6 Å². The van der Waals surface area contributed by atoms with Crippen molar-refractivity contribution in [2.45, 2.75) is 45.4 Å². The van der Waals surface area contributed by atoms with Crippen LogP contribution in [-0.4, -0.2) is 36.9 Å². The van der Waals surface area contributed by atoms with Gasteiger partial charge in [0.25, 0.3) is 0 Å². The lowest BCUT2D eigenvalue weighted by atomic mass is 10.2. The molecule has 0 atom stereocenters. The van der Waals surface area contributed by atoms with Gasteiger partial charge in [0.1, 0.15) is 6.61 Å². The number of hydrogen-bond donors (Lipinski definition) is 1. The van der Waals surface area contributed by atoms with E-state index in [0.29, 0.717) is 6.42 Å². The number of carbonyl (C=O) groups is 2. The molecular weight excluding hydrogens is 224 g/mol. The van der Waals surface area contributed by atoms with E-state index in [9.17, 15) is 9.59 Å². The molecule has 0 aliphatic rings. The van der Waals surface area contributed by atoms with E-state index in [2.05, 4.69) is 6.92 Å². The third-order valence-corrected chi connectivity index (χ3v) is 2.19. The van der Waals surface area contributed by atoms with Crippen LogP contribution in [0.2, 0.25) is 0 Å². The van der Waals surface area contributed by atoms with Gasteiger partial charge in [-0.15, -0.1) is 0 Å². The predicted octanol–water partition coefficient (Wildman–Crippen LogP) is 1.99. The number of hydrogen-bond acceptors (Lipinski definition) is 4. The number of aliphatic carboxylic acids is 1. The minimum absolute atomic E-state index is 0.0229. The Labute approximate surface area is 102 Å². The van der Waals surface area contributed by atoms with Crippen LogP contribution in [-0.2, 0) is 19.1 Å². The molecule has 0 aromatic carbocycles. The van der Waals surface area contributed by atoms with E-state index in [1.807, 2.05) is 0 Å². The van der Waals surface area contributed by atoms with Crippen molar-refractivity contribution in [2.24, 2.45) is 0 Å². The molecule has 0 aromatic rings. The predicted molar refractivity (Wildman–Crippen MR) is 62.8 cm³/mol. The fourth-order valence-electron chi connectivity index (χ4n) is 1.24. The quantitative estimate of drug-likeness (QED) is 0.446. The van der Waals surface area contributed by atoms with Crippen LogP contribution in [0.5, 0.6) is 0 Å². The van der Waals surface area contributed by atoms with Crippen molar-refractivity contribution in [3.05, 3.63) is 0 Å². The standard InChI is InChI=1S/C12H22O5/c1-2-3-4-5-6-12(15)17-10-9-16-8-7-11(13)14/h2-10H2,1H3,(H,13,14). The van der Waals surface area contributed by atoms with Crippen molar-refractivity contribution in [1.82, 2.24) is 0 Å². The molecule has 0 radical (unpaired) electrons. The Bertz CT molecular complexity index is 215. The minimum Gasteiger partial charge on any atom is -0.481 e. The second kappa shape index (κ2) is 11.4. The maximum atomic E-state index is 11.2. The minimum atomic E-state index is -0.891. The second-order valence-electron chi connectivity index (χ2n) is 3.79. The Hall–Kier alpha value is -1.10. The molecule has 5 nitrogen and oxygen atoms in total. The molecular formula is C12H22O5. The summed E-state index contributed by atoms with van der Waals surface area (Å²) in [5.74, 6) is -1.10. The van der Waals surface area contributed by atoms with Crippen molar-refractivity contribution in [3.63, 3.8) is 0 Å². The lowest BCUT2D eigenvalue weighted by molar-refractivity contribution is -0.146. The average molecular weight is 246 g/mol. The van der Waals surface area contributed by atoms with Gasteiger partial charge in [-0.25, -0.2) is 0 Å². The van der Waals surface area contributed by atoms with Gasteiger partial charge >= 0.3 is 11.9 Å². The molecule has 0 aliphatic heterocycles. The summed E-state index contributed by atoms with van der Waals surface area (Å²) >= 11 is 0. The molecule has 17 heavy (non-hydrogen) atoms. The van der Waals surface area contributed by atoms with Crippen LogP contribution in [0.25, 0.3) is 0 Å². The number of rotatable bonds is 11. The van der Waals surface area contributed by atoms with Crippen LogP contribution < -0.4 is 0 Å². The first-order valence-electron chi connectivity index (χ1n) is 6.12. The third kappa shape index (κ3) is 12.8. The van der Waals surface area contributed by atoms with Gasteiger partial charge in [-0.2, -0.15) is 0 Å². The van der Waals surface area contributed by atoms with Gasteiger partial charge in [-0.1, -0.05) is 26.2 Å². The van der Waals surface area contributed by atoms with Gasteiger partial charge in [-0.3, -0.25) is 9.59 Å². The molecule has 0 amide bonds. The van der Waals surface area contributed by atoms with E-state index in [1.54, 1.807) is 0 Å². The Balaban J connectivity index is 3.19. The van der Waals surface area contributed by atoms with Gasteiger partial charge in [0, 0.05) is 6.42 Å². The molecule has 0 bridgehead atoms. The van der Waals surface area contributed by atoms with E-state index in [0.717, 1.165) is 25.7 Å². The number of ether oxygens (including phenoxy) is 2. The summed E-state index contributed by atoms with van der Waals surface area (Å²) in [4.78, 5) is 21.3. The van der Waals surface area contributed by atoms with Crippen molar-refractivity contribution < 1.29 is 24.2 Å². The zero-order chi connectivity index (χ0) is 12.9. The van der Waals surface area contributed by atoms with E-state index in [4.69, 9.17) is 14.6 Å². The van der Waals surface area contributed by atoms with Crippen molar-refractivity contribution in [1.29, 1.82) is 0 Å². The number of carbonyl (C=O) groups excluding carboxylic acids is 1. The summed E-state index contributed by atoms with van der Waals surface area (Å²) < 4.78 is 9.90. The molecule has 0 aromatic heterocycles. The average Bonchev–Trinajstić information content (AvgIpc) is 2.29. The Morgan fingerprint density at radius 1 is 1.00 bits per heavy atom. The van der Waals surface area contributed by atoms with Gasteiger partial charge in [0.15, 0.2) is 0 Å². The van der Waals surface area contributed by atoms with Crippen molar-refractivity contribution in [2.75, 3.05) is 19.8 Å². The van der Waals surface area contributed by atoms with E-state index in [1.165, 1.54) is 0 Å². The highest BCUT2D eigenvalue weighted by Crippen LogP contribution is 2.03. The SMILES string of the molecule is CCCCCCC(=O)OCCOCCC(=O)O. The number of carboxylic acid groups (broad SMARTS) is 1. The van der Waals surface area contributed by atoms with Crippen molar-refractivity contribution >= 4 is 11.9 Å². The highest BCUT2D eigenvalue weighted by Gasteiger charge is 2.02. The molecule has 1 N–H and O–H groups in total. The second-order valence-corrected chi connectivity index (χ2v) is 3.79. The van der Waals surface area contributed by atoms with E-state index in [-0.39, 0.29) is 32.2 Å². The number of carboxylic acids is 1. The molecule has 5 heteroatoms. The Morgan fingerprint density at radius 2 is 1.76 bits per heavy atom. The van der Waals surface area contributed by atoms with E-state index < -0.39 is 5.97 Å². The Morgan fingerprint density at radius 3 is 2.41 bits per heavy atom. The fraction of sp³-hybridized carbons (Fsp3) is 0.833. The van der Waals surface area contributed by atoms with Crippen LogP contribution in [0.15, 0.2) is 0 Å². The fourth-order valence-corrected chi connectivity index (χ4v) is 1.24. The highest BCUT2D eigenvalue weighted by atomic mass is 16.6. The highest BCUT2D eigenvalue weighted by molar-refractivity contribution is 5.69. The monoisotopic (exact) mass is 246 g/mol. The first-order valence-corrected chi connectivity index (χ1v) is 6.12. The van der Waals surface area contributed by atoms with Crippen LogP contribution in [0.4, 0.5) is 0 Å². The summed E-state index contributed by atoms with van der Waals surface area (Å²) in [6.07, 6.45) is 4.64. The van der Waals surface area contributed by atoms with Crippen LogP contribution >= 0.6 is 0 Å². The summed E-state index contributed by atoms with van der Waals surface area (Å²) in [6.45, 7) is 2.73. The van der Waals surface area contributed by atoms with Crippen molar-refractivity contribution in [3.8, 4) is 0 Å². The third-order valence-electron chi connectivity index (χ3n) is 2.19. The zero-order valence-corrected chi connectivity index (χ0v) is 10.4. The van der Waals surface area contributed by atoms with Crippen LogP contribution in [0, 0.1) is 0 Å². The maximum Gasteiger partial charge on any atom is 0.305 e. The molecule has 0 spiro atoms. The molecule has 0 saturated heterocycles. The number of esters is 1. The van der Waals surface area contributed by atoms with Gasteiger partial charge in [-0.05, 0) is 6.42 Å². The summed E-state index contributed by atoms with van der Waals surface area (Å²) in [6, 6.07) is 0. The maximum absolute atomic E-state index is 11.2. The largest absolute Gasteiger partial charge is 0.481 e. The first kappa shape index (κ1) is 15.9. The zero-order valence-electron chi connectivity index (χ0n) is 10.4. The topological polar surface area (TPSA) is 72.8 Å². The van der Waals surface area contributed by atoms with Gasteiger partial charge in [0.2, 0.25) is 0 Å². The van der Waals surface area contributed by atoms with Gasteiger partial charge < -0.3 is 14.6 Å². The Kier molecular flexibility index (Phi) is 10.7. The smallest absolute Gasteiger partial charge is 0.305 e.